The minimum Gasteiger partial charge on any atom is -0.391 e. The van der Waals surface area contributed by atoms with Crippen LogP contribution < -0.4 is 4.90 Å². The van der Waals surface area contributed by atoms with Gasteiger partial charge in [0.1, 0.15) is 12.1 Å². The first kappa shape index (κ1) is 12.4. The molecule has 1 fully saturated rings. The molecule has 100 valence electrons. The number of anilines is 1. The predicted molar refractivity (Wildman–Crippen MR) is 76.3 cm³/mol. The van der Waals surface area contributed by atoms with Crippen molar-refractivity contribution in [2.75, 3.05) is 18.0 Å². The molecule has 4 nitrogen and oxygen atoms in total. The van der Waals surface area contributed by atoms with Gasteiger partial charge in [-0.2, -0.15) is 0 Å². The second-order valence-corrected chi connectivity index (χ2v) is 5.45. The molecule has 2 heterocycles. The lowest BCUT2D eigenvalue weighted by atomic mass is 9.96. The maximum atomic E-state index is 10.1. The van der Waals surface area contributed by atoms with Gasteiger partial charge in [0, 0.05) is 18.5 Å². The van der Waals surface area contributed by atoms with Crippen LogP contribution in [0.5, 0.6) is 0 Å². The molecule has 1 aliphatic heterocycles. The number of piperidine rings is 1. The number of β-amino-alcohol motifs (C(OH)–C–C–N with tert-alkyl or cyclic N) is 1. The normalized spacial score (nSPS) is 23.8. The molecule has 1 aromatic heterocycles. The van der Waals surface area contributed by atoms with Crippen molar-refractivity contribution in [1.29, 1.82) is 0 Å². The van der Waals surface area contributed by atoms with E-state index in [4.69, 9.17) is 0 Å². The molecule has 1 aromatic carbocycles. The number of aliphatic hydroxyl groups is 1. The molecule has 2 atom stereocenters. The maximum Gasteiger partial charge on any atom is 0.139 e. The number of hydrogen-bond acceptors (Lipinski definition) is 4. The summed E-state index contributed by atoms with van der Waals surface area (Å²) in [5, 5.41) is 11.1. The smallest absolute Gasteiger partial charge is 0.139 e. The van der Waals surface area contributed by atoms with Gasteiger partial charge in [-0.15, -0.1) is 0 Å². The minimum absolute atomic E-state index is 0.274. The van der Waals surface area contributed by atoms with Crippen LogP contribution in [0.2, 0.25) is 0 Å². The van der Waals surface area contributed by atoms with Crippen molar-refractivity contribution in [1.82, 2.24) is 9.97 Å². The molecule has 3 rings (SSSR count). The van der Waals surface area contributed by atoms with E-state index in [-0.39, 0.29) is 6.10 Å². The molecule has 1 N–H and O–H groups in total. The van der Waals surface area contributed by atoms with Crippen molar-refractivity contribution < 1.29 is 5.11 Å². The zero-order valence-electron chi connectivity index (χ0n) is 11.4. The summed E-state index contributed by atoms with van der Waals surface area (Å²) in [4.78, 5) is 11.0. The average Bonchev–Trinajstić information content (AvgIpc) is 2.42. The third kappa shape index (κ3) is 2.16. The number of hydrogen-bond donors (Lipinski definition) is 1. The van der Waals surface area contributed by atoms with Crippen LogP contribution in [0.1, 0.15) is 18.9 Å². The molecule has 4 heteroatoms. The summed E-state index contributed by atoms with van der Waals surface area (Å²) >= 11 is 0. The Morgan fingerprint density at radius 2 is 2.16 bits per heavy atom. The fourth-order valence-corrected chi connectivity index (χ4v) is 2.71. The molecule has 0 spiro atoms. The lowest BCUT2D eigenvalue weighted by Gasteiger charge is -2.35. The second kappa shape index (κ2) is 4.78. The van der Waals surface area contributed by atoms with Crippen molar-refractivity contribution in [3.63, 3.8) is 0 Å². The van der Waals surface area contributed by atoms with Crippen LogP contribution in [0.4, 0.5) is 5.82 Å². The number of rotatable bonds is 1. The molecular weight excluding hydrogens is 238 g/mol. The molecule has 0 radical (unpaired) electrons. The molecule has 0 aliphatic carbocycles. The Labute approximate surface area is 113 Å². The number of fused-ring (bicyclic) bond motifs is 1. The fourth-order valence-electron chi connectivity index (χ4n) is 2.71. The van der Waals surface area contributed by atoms with Gasteiger partial charge in [-0.25, -0.2) is 9.97 Å². The highest BCUT2D eigenvalue weighted by molar-refractivity contribution is 5.91. The Bertz CT molecular complexity index is 599. The molecular formula is C15H19N3O. The van der Waals surface area contributed by atoms with Crippen LogP contribution in [-0.2, 0) is 0 Å². The molecule has 1 aliphatic rings. The van der Waals surface area contributed by atoms with Crippen molar-refractivity contribution in [3.05, 3.63) is 30.1 Å². The van der Waals surface area contributed by atoms with E-state index in [1.54, 1.807) is 6.33 Å². The van der Waals surface area contributed by atoms with E-state index >= 15 is 0 Å². The zero-order valence-corrected chi connectivity index (χ0v) is 11.4. The van der Waals surface area contributed by atoms with Crippen molar-refractivity contribution >= 4 is 16.7 Å². The third-order valence-corrected chi connectivity index (χ3v) is 4.06. The SMILES string of the molecule is Cc1cccc2c(N3CCC(C)C(O)C3)ncnc12. The summed E-state index contributed by atoms with van der Waals surface area (Å²) in [7, 11) is 0. The molecule has 0 amide bonds. The number of para-hydroxylation sites is 1. The van der Waals surface area contributed by atoms with E-state index in [2.05, 4.69) is 40.8 Å². The van der Waals surface area contributed by atoms with Crippen LogP contribution in [0.15, 0.2) is 24.5 Å². The molecule has 2 aromatic rings. The highest BCUT2D eigenvalue weighted by Gasteiger charge is 2.26. The van der Waals surface area contributed by atoms with Crippen LogP contribution in [0.3, 0.4) is 0 Å². The van der Waals surface area contributed by atoms with E-state index in [1.165, 1.54) is 0 Å². The van der Waals surface area contributed by atoms with E-state index in [0.29, 0.717) is 12.5 Å². The molecule has 1 saturated heterocycles. The first-order chi connectivity index (χ1) is 9.16. The average molecular weight is 257 g/mol. The quantitative estimate of drug-likeness (QED) is 0.850. The number of aliphatic hydroxyl groups excluding tert-OH is 1. The van der Waals surface area contributed by atoms with Gasteiger partial charge in [0.05, 0.1) is 11.6 Å². The van der Waals surface area contributed by atoms with E-state index in [0.717, 1.165) is 35.2 Å². The molecule has 0 saturated carbocycles. The summed E-state index contributed by atoms with van der Waals surface area (Å²) in [6, 6.07) is 6.15. The minimum atomic E-state index is -0.274. The van der Waals surface area contributed by atoms with Crippen molar-refractivity contribution in [3.8, 4) is 0 Å². The van der Waals surface area contributed by atoms with Crippen molar-refractivity contribution in [2.45, 2.75) is 26.4 Å². The Morgan fingerprint density at radius 1 is 1.32 bits per heavy atom. The van der Waals surface area contributed by atoms with Crippen LogP contribution in [0.25, 0.3) is 10.9 Å². The van der Waals surface area contributed by atoms with Gasteiger partial charge in [-0.1, -0.05) is 19.1 Å². The van der Waals surface area contributed by atoms with Gasteiger partial charge in [-0.05, 0) is 30.9 Å². The second-order valence-electron chi connectivity index (χ2n) is 5.45. The standard InChI is InChI=1S/C15H19N3O/c1-10-6-7-18(8-13(10)19)15-12-5-3-4-11(2)14(12)16-9-17-15/h3-5,9-10,13,19H,6-8H2,1-2H3. The number of aryl methyl sites for hydroxylation is 1. The van der Waals surface area contributed by atoms with Gasteiger partial charge < -0.3 is 10.0 Å². The van der Waals surface area contributed by atoms with Gasteiger partial charge >= 0.3 is 0 Å². The summed E-state index contributed by atoms with van der Waals surface area (Å²) in [6.07, 6.45) is 2.34. The summed E-state index contributed by atoms with van der Waals surface area (Å²) in [5.74, 6) is 1.31. The monoisotopic (exact) mass is 257 g/mol. The fraction of sp³-hybridized carbons (Fsp3) is 0.467. The Kier molecular flexibility index (Phi) is 3.11. The highest BCUT2D eigenvalue weighted by atomic mass is 16.3. The van der Waals surface area contributed by atoms with Crippen LogP contribution in [-0.4, -0.2) is 34.3 Å². The molecule has 0 bridgehead atoms. The third-order valence-electron chi connectivity index (χ3n) is 4.06. The number of nitrogens with zero attached hydrogens (tertiary/aromatic N) is 3. The van der Waals surface area contributed by atoms with Crippen molar-refractivity contribution in [2.24, 2.45) is 5.92 Å². The molecule has 2 unspecified atom stereocenters. The van der Waals surface area contributed by atoms with Crippen LogP contribution >= 0.6 is 0 Å². The van der Waals surface area contributed by atoms with E-state index in [9.17, 15) is 5.11 Å². The first-order valence-corrected chi connectivity index (χ1v) is 6.80. The Morgan fingerprint density at radius 3 is 2.95 bits per heavy atom. The maximum absolute atomic E-state index is 10.1. The van der Waals surface area contributed by atoms with E-state index < -0.39 is 0 Å². The van der Waals surface area contributed by atoms with Gasteiger partial charge in [0.15, 0.2) is 0 Å². The van der Waals surface area contributed by atoms with Gasteiger partial charge in [-0.3, -0.25) is 0 Å². The summed E-state index contributed by atoms with van der Waals surface area (Å²) in [6.45, 7) is 5.76. The zero-order chi connectivity index (χ0) is 13.4. The largest absolute Gasteiger partial charge is 0.391 e. The predicted octanol–water partition coefficient (Wildman–Crippen LogP) is 2.15. The topological polar surface area (TPSA) is 49.2 Å². The Hall–Kier alpha value is -1.68. The lowest BCUT2D eigenvalue weighted by molar-refractivity contribution is 0.103. The van der Waals surface area contributed by atoms with Gasteiger partial charge in [0.2, 0.25) is 0 Å². The van der Waals surface area contributed by atoms with Gasteiger partial charge in [0.25, 0.3) is 0 Å². The highest BCUT2D eigenvalue weighted by Crippen LogP contribution is 2.28. The lowest BCUT2D eigenvalue weighted by Crippen LogP contribution is -2.43. The van der Waals surface area contributed by atoms with Crippen LogP contribution in [0, 0.1) is 12.8 Å². The Balaban J connectivity index is 2.04. The summed E-state index contributed by atoms with van der Waals surface area (Å²) in [5.41, 5.74) is 2.16. The first-order valence-electron chi connectivity index (χ1n) is 6.80. The van der Waals surface area contributed by atoms with E-state index in [1.807, 2.05) is 6.07 Å². The number of aromatic nitrogens is 2. The summed E-state index contributed by atoms with van der Waals surface area (Å²) < 4.78 is 0. The number of benzene rings is 1. The molecule has 19 heavy (non-hydrogen) atoms.